The van der Waals surface area contributed by atoms with E-state index < -0.39 is 20.2 Å². The van der Waals surface area contributed by atoms with Crippen molar-refractivity contribution in [1.29, 1.82) is 0 Å². The molecule has 0 unspecified atom stereocenters. The number of anilines is 1. The highest BCUT2D eigenvalue weighted by Gasteiger charge is 2.43. The molecular formula is C24H29FN6O3Si. The lowest BCUT2D eigenvalue weighted by Gasteiger charge is -2.15. The fraction of sp³-hybridized carbons (Fsp3) is 0.417. The Morgan fingerprint density at radius 3 is 2.77 bits per heavy atom. The Kier molecular flexibility index (Phi) is 6.05. The fourth-order valence-corrected chi connectivity index (χ4v) is 4.71. The summed E-state index contributed by atoms with van der Waals surface area (Å²) in [5, 5.41) is 7.87. The van der Waals surface area contributed by atoms with Gasteiger partial charge in [-0.2, -0.15) is 5.10 Å². The molecule has 0 aliphatic heterocycles. The molecule has 4 aromatic heterocycles. The number of amides is 1. The van der Waals surface area contributed by atoms with E-state index in [1.807, 2.05) is 29.1 Å². The standard InChI is InChI=1S/C24H29FN6O3Si/c1-33-20-10-22-26-13-27-31(22)12-18(20)17-11-30(14-34-7-8-35(2,3)4)23-15(17)5-6-21(28-23)29-24(32)16-9-19(16)25/h5-6,10-13,16,19H,7-9,14H2,1-4H3,(H,28,29,32)/t16-,19+/m1/s1. The van der Waals surface area contributed by atoms with Gasteiger partial charge >= 0.3 is 0 Å². The number of ether oxygens (including phenoxy) is 2. The lowest BCUT2D eigenvalue weighted by molar-refractivity contribution is -0.117. The maximum absolute atomic E-state index is 13.3. The molecule has 1 aliphatic rings. The number of pyridine rings is 2. The highest BCUT2D eigenvalue weighted by Crippen LogP contribution is 2.38. The maximum atomic E-state index is 13.3. The van der Waals surface area contributed by atoms with Crippen molar-refractivity contribution in [2.75, 3.05) is 19.0 Å². The van der Waals surface area contributed by atoms with Crippen LogP contribution in [0.15, 0.2) is 36.9 Å². The summed E-state index contributed by atoms with van der Waals surface area (Å²) >= 11 is 0. The van der Waals surface area contributed by atoms with Gasteiger partial charge in [0.05, 0.1) is 13.0 Å². The predicted molar refractivity (Wildman–Crippen MR) is 134 cm³/mol. The summed E-state index contributed by atoms with van der Waals surface area (Å²) in [7, 11) is 0.391. The van der Waals surface area contributed by atoms with Crippen molar-refractivity contribution in [2.24, 2.45) is 5.92 Å². The van der Waals surface area contributed by atoms with E-state index in [1.165, 1.54) is 6.33 Å². The number of rotatable bonds is 9. The van der Waals surface area contributed by atoms with Crippen molar-refractivity contribution in [2.45, 2.75) is 45.0 Å². The number of hydrogen-bond donors (Lipinski definition) is 1. The van der Waals surface area contributed by atoms with Crippen LogP contribution in [0.3, 0.4) is 0 Å². The topological polar surface area (TPSA) is 95.6 Å². The Labute approximate surface area is 203 Å². The Balaban J connectivity index is 1.53. The quantitative estimate of drug-likeness (QED) is 0.273. The third-order valence-corrected chi connectivity index (χ3v) is 7.84. The van der Waals surface area contributed by atoms with Crippen LogP contribution in [0.4, 0.5) is 10.2 Å². The van der Waals surface area contributed by atoms with Gasteiger partial charge in [-0.05, 0) is 24.6 Å². The molecule has 4 heterocycles. The maximum Gasteiger partial charge on any atom is 0.231 e. The molecule has 1 amide bonds. The van der Waals surface area contributed by atoms with Crippen molar-refractivity contribution in [1.82, 2.24) is 24.1 Å². The molecule has 9 nitrogen and oxygen atoms in total. The summed E-state index contributed by atoms with van der Waals surface area (Å²) in [5.41, 5.74) is 3.05. The second-order valence-electron chi connectivity index (χ2n) is 10.1. The van der Waals surface area contributed by atoms with Crippen LogP contribution in [0.1, 0.15) is 6.42 Å². The lowest BCUT2D eigenvalue weighted by Crippen LogP contribution is -2.22. The third-order valence-electron chi connectivity index (χ3n) is 6.14. The Bertz CT molecular complexity index is 1400. The highest BCUT2D eigenvalue weighted by molar-refractivity contribution is 6.76. The number of aromatic nitrogens is 5. The van der Waals surface area contributed by atoms with Gasteiger partial charge in [-0.1, -0.05) is 19.6 Å². The van der Waals surface area contributed by atoms with Gasteiger partial charge in [0.2, 0.25) is 5.91 Å². The highest BCUT2D eigenvalue weighted by atomic mass is 28.3. The van der Waals surface area contributed by atoms with Crippen LogP contribution in [-0.4, -0.2) is 58.0 Å². The first-order valence-corrected chi connectivity index (χ1v) is 15.3. The molecule has 0 saturated heterocycles. The fourth-order valence-electron chi connectivity index (χ4n) is 3.96. The number of hydrogen-bond acceptors (Lipinski definition) is 6. The minimum absolute atomic E-state index is 0.268. The molecule has 1 N–H and O–H groups in total. The molecule has 4 aromatic rings. The zero-order valence-corrected chi connectivity index (χ0v) is 21.3. The van der Waals surface area contributed by atoms with Crippen LogP contribution in [0.5, 0.6) is 5.75 Å². The largest absolute Gasteiger partial charge is 0.496 e. The molecule has 2 atom stereocenters. The Morgan fingerprint density at radius 1 is 1.26 bits per heavy atom. The minimum atomic E-state index is -1.23. The van der Waals surface area contributed by atoms with Gasteiger partial charge in [-0.3, -0.25) is 4.79 Å². The number of alkyl halides is 1. The second-order valence-corrected chi connectivity index (χ2v) is 15.7. The Hall–Kier alpha value is -3.31. The van der Waals surface area contributed by atoms with E-state index >= 15 is 0 Å². The van der Waals surface area contributed by atoms with E-state index in [9.17, 15) is 9.18 Å². The molecule has 0 radical (unpaired) electrons. The van der Waals surface area contributed by atoms with Crippen LogP contribution in [0.2, 0.25) is 25.7 Å². The van der Waals surface area contributed by atoms with Crippen molar-refractivity contribution in [3.8, 4) is 16.9 Å². The molecule has 1 aliphatic carbocycles. The molecule has 0 spiro atoms. The van der Waals surface area contributed by atoms with E-state index in [4.69, 9.17) is 14.5 Å². The molecule has 11 heteroatoms. The summed E-state index contributed by atoms with van der Waals surface area (Å²) in [6.45, 7) is 7.91. The number of carbonyl (C=O) groups is 1. The van der Waals surface area contributed by atoms with Crippen molar-refractivity contribution in [3.05, 3.63) is 36.9 Å². The van der Waals surface area contributed by atoms with E-state index in [-0.39, 0.29) is 12.3 Å². The van der Waals surface area contributed by atoms with Gasteiger partial charge in [0, 0.05) is 49.7 Å². The van der Waals surface area contributed by atoms with Gasteiger partial charge in [-0.25, -0.2) is 18.9 Å². The first kappa shape index (κ1) is 23.4. The van der Waals surface area contributed by atoms with Gasteiger partial charge in [0.1, 0.15) is 36.4 Å². The average Bonchev–Trinajstić information content (AvgIpc) is 3.22. The summed E-state index contributed by atoms with van der Waals surface area (Å²) in [4.78, 5) is 21.2. The molecule has 5 rings (SSSR count). The molecule has 184 valence electrons. The summed E-state index contributed by atoms with van der Waals surface area (Å²) in [5.74, 6) is 0.114. The van der Waals surface area contributed by atoms with Crippen LogP contribution in [-0.2, 0) is 16.3 Å². The van der Waals surface area contributed by atoms with Crippen LogP contribution in [0, 0.1) is 5.92 Å². The number of nitrogens with one attached hydrogen (secondary N) is 1. The zero-order valence-electron chi connectivity index (χ0n) is 20.3. The number of methoxy groups -OCH3 is 1. The monoisotopic (exact) mass is 496 g/mol. The van der Waals surface area contributed by atoms with Crippen molar-refractivity contribution < 1.29 is 18.7 Å². The van der Waals surface area contributed by atoms with Crippen LogP contribution >= 0.6 is 0 Å². The van der Waals surface area contributed by atoms with E-state index in [1.54, 1.807) is 17.7 Å². The first-order valence-electron chi connectivity index (χ1n) is 11.6. The lowest BCUT2D eigenvalue weighted by atomic mass is 10.1. The summed E-state index contributed by atoms with van der Waals surface area (Å²) < 4.78 is 28.6. The normalized spacial score (nSPS) is 17.7. The summed E-state index contributed by atoms with van der Waals surface area (Å²) in [6.07, 6.45) is 4.54. The van der Waals surface area contributed by atoms with Gasteiger partial charge in [-0.15, -0.1) is 0 Å². The van der Waals surface area contributed by atoms with Crippen molar-refractivity contribution >= 4 is 36.5 Å². The smallest absolute Gasteiger partial charge is 0.231 e. The summed E-state index contributed by atoms with van der Waals surface area (Å²) in [6, 6.07) is 6.52. The molecule has 0 aromatic carbocycles. The number of halogens is 1. The number of carbonyl (C=O) groups excluding carboxylic acids is 1. The first-order chi connectivity index (χ1) is 16.7. The molecule has 0 bridgehead atoms. The predicted octanol–water partition coefficient (Wildman–Crippen LogP) is 4.36. The van der Waals surface area contributed by atoms with E-state index in [0.717, 1.165) is 22.6 Å². The van der Waals surface area contributed by atoms with Gasteiger partial charge < -0.3 is 19.4 Å². The van der Waals surface area contributed by atoms with Crippen molar-refractivity contribution in [3.63, 3.8) is 0 Å². The van der Waals surface area contributed by atoms with Crippen LogP contribution in [0.25, 0.3) is 27.8 Å². The Morgan fingerprint density at radius 2 is 2.06 bits per heavy atom. The SMILES string of the molecule is COc1cc2ncnn2cc1-c1cn(COCC[Si](C)(C)C)c2nc(NC(=O)[C@@H]3C[C@@H]3F)ccc12. The van der Waals surface area contributed by atoms with Gasteiger partial charge in [0.15, 0.2) is 5.65 Å². The van der Waals surface area contributed by atoms with Crippen LogP contribution < -0.4 is 10.1 Å². The van der Waals surface area contributed by atoms with E-state index in [2.05, 4.69) is 35.0 Å². The third kappa shape index (κ3) is 4.91. The molecule has 1 fully saturated rings. The molecule has 35 heavy (non-hydrogen) atoms. The van der Waals surface area contributed by atoms with Gasteiger partial charge in [0.25, 0.3) is 0 Å². The minimum Gasteiger partial charge on any atom is -0.496 e. The number of nitrogens with zero attached hydrogens (tertiary/aromatic N) is 5. The molecular weight excluding hydrogens is 467 g/mol. The average molecular weight is 497 g/mol. The zero-order chi connectivity index (χ0) is 24.7. The molecule has 1 saturated carbocycles. The number of fused-ring (bicyclic) bond motifs is 2. The van der Waals surface area contributed by atoms with E-state index in [0.29, 0.717) is 36.2 Å². The second kappa shape index (κ2) is 9.04.